The monoisotopic (exact) mass is 406 g/mol. The van der Waals surface area contributed by atoms with Crippen molar-refractivity contribution in [1.82, 2.24) is 10.2 Å². The van der Waals surface area contributed by atoms with Crippen LogP contribution in [-0.2, 0) is 25.5 Å². The molecule has 1 unspecified atom stereocenters. The summed E-state index contributed by atoms with van der Waals surface area (Å²) in [6, 6.07) is 7.82. The highest BCUT2D eigenvalue weighted by Gasteiger charge is 2.45. The predicted octanol–water partition coefficient (Wildman–Crippen LogP) is 1.66. The molecule has 0 aromatic heterocycles. The minimum Gasteiger partial charge on any atom is -0.480 e. The largest absolute Gasteiger partial charge is 0.480 e. The van der Waals surface area contributed by atoms with Gasteiger partial charge in [0.2, 0.25) is 5.91 Å². The Kier molecular flexibility index (Phi) is 6.96. The van der Waals surface area contributed by atoms with Gasteiger partial charge in [0.1, 0.15) is 12.1 Å². The zero-order chi connectivity index (χ0) is 20.1. The van der Waals surface area contributed by atoms with Crippen LogP contribution in [0.1, 0.15) is 31.2 Å². The van der Waals surface area contributed by atoms with Crippen LogP contribution in [0, 0.1) is 0 Å². The number of carboxylic acids is 1. The lowest BCUT2D eigenvalue weighted by Gasteiger charge is -2.29. The van der Waals surface area contributed by atoms with E-state index < -0.39 is 30.1 Å². The Hall–Kier alpha value is -2.06. The van der Waals surface area contributed by atoms with Gasteiger partial charge in [-0.05, 0) is 37.7 Å². The SMILES string of the molecule is COC(=O)C(CCc1ccccc1)N[C@@H]1CCC[C@@H]2SC[C@H](C(=O)O)N2C1=O. The first-order chi connectivity index (χ1) is 13.5. The van der Waals surface area contributed by atoms with E-state index in [2.05, 4.69) is 5.32 Å². The van der Waals surface area contributed by atoms with Crippen LogP contribution in [-0.4, -0.2) is 64.2 Å². The molecule has 2 aliphatic rings. The fourth-order valence-electron chi connectivity index (χ4n) is 3.84. The number of thioether (sulfide) groups is 1. The second-order valence-corrected chi connectivity index (χ2v) is 8.35. The van der Waals surface area contributed by atoms with Crippen LogP contribution in [0.15, 0.2) is 30.3 Å². The maximum absolute atomic E-state index is 13.1. The van der Waals surface area contributed by atoms with Gasteiger partial charge in [-0.2, -0.15) is 0 Å². The van der Waals surface area contributed by atoms with Crippen molar-refractivity contribution in [3.8, 4) is 0 Å². The number of nitrogens with one attached hydrogen (secondary N) is 1. The third kappa shape index (κ3) is 4.67. The smallest absolute Gasteiger partial charge is 0.327 e. The number of nitrogens with zero attached hydrogens (tertiary/aromatic N) is 1. The van der Waals surface area contributed by atoms with E-state index in [0.29, 0.717) is 25.0 Å². The molecule has 7 nitrogen and oxygen atoms in total. The van der Waals surface area contributed by atoms with Gasteiger partial charge in [-0.25, -0.2) is 4.79 Å². The van der Waals surface area contributed by atoms with Crippen LogP contribution in [0.2, 0.25) is 0 Å². The molecule has 0 aliphatic carbocycles. The molecular formula is C20H26N2O5S. The van der Waals surface area contributed by atoms with Gasteiger partial charge >= 0.3 is 11.9 Å². The standard InChI is InChI=1S/C20H26N2O5S/c1-27-20(26)15(11-10-13-6-3-2-4-7-13)21-14-8-5-9-17-22(18(14)23)16(12-28-17)19(24)25/h2-4,6-7,14-17,21H,5,8-12H2,1H3,(H,24,25)/t14-,15?,16-,17+/m1/s1. The number of amides is 1. The first kappa shape index (κ1) is 20.7. The van der Waals surface area contributed by atoms with Crippen LogP contribution in [0.25, 0.3) is 0 Å². The number of ether oxygens (including phenoxy) is 1. The molecule has 1 amide bonds. The van der Waals surface area contributed by atoms with E-state index in [0.717, 1.165) is 18.4 Å². The van der Waals surface area contributed by atoms with Crippen molar-refractivity contribution in [1.29, 1.82) is 0 Å². The third-order valence-electron chi connectivity index (χ3n) is 5.33. The zero-order valence-electron chi connectivity index (χ0n) is 15.9. The molecule has 0 spiro atoms. The fourth-order valence-corrected chi connectivity index (χ4v) is 5.29. The van der Waals surface area contributed by atoms with Crippen LogP contribution >= 0.6 is 11.8 Å². The zero-order valence-corrected chi connectivity index (χ0v) is 16.7. The highest BCUT2D eigenvalue weighted by Crippen LogP contribution is 2.35. The number of methoxy groups -OCH3 is 1. The van der Waals surface area contributed by atoms with E-state index >= 15 is 0 Å². The lowest BCUT2D eigenvalue weighted by molar-refractivity contribution is -0.150. The van der Waals surface area contributed by atoms with Gasteiger partial charge < -0.3 is 14.7 Å². The Morgan fingerprint density at radius 2 is 2.07 bits per heavy atom. The van der Waals surface area contributed by atoms with Crippen molar-refractivity contribution < 1.29 is 24.2 Å². The molecule has 0 bridgehead atoms. The van der Waals surface area contributed by atoms with Gasteiger partial charge in [0.05, 0.1) is 18.5 Å². The summed E-state index contributed by atoms with van der Waals surface area (Å²) in [4.78, 5) is 38.4. The molecule has 152 valence electrons. The minimum atomic E-state index is -0.974. The van der Waals surface area contributed by atoms with E-state index in [-0.39, 0.29) is 11.3 Å². The average molecular weight is 407 g/mol. The van der Waals surface area contributed by atoms with Crippen molar-refractivity contribution in [2.75, 3.05) is 12.9 Å². The van der Waals surface area contributed by atoms with E-state index in [1.54, 1.807) is 0 Å². The molecule has 2 heterocycles. The molecule has 1 aromatic carbocycles. The fraction of sp³-hybridized carbons (Fsp3) is 0.550. The van der Waals surface area contributed by atoms with E-state index in [9.17, 15) is 19.5 Å². The number of benzene rings is 1. The number of rotatable bonds is 7. The number of carboxylic acid groups (broad SMARTS) is 1. The highest BCUT2D eigenvalue weighted by atomic mass is 32.2. The van der Waals surface area contributed by atoms with Gasteiger partial charge in [-0.15, -0.1) is 11.8 Å². The van der Waals surface area contributed by atoms with Crippen molar-refractivity contribution in [3.63, 3.8) is 0 Å². The summed E-state index contributed by atoms with van der Waals surface area (Å²) in [6.45, 7) is 0. The Balaban J connectivity index is 1.71. The lowest BCUT2D eigenvalue weighted by Crippen LogP contribution is -2.55. The van der Waals surface area contributed by atoms with Gasteiger partial charge in [-0.1, -0.05) is 30.3 Å². The van der Waals surface area contributed by atoms with Gasteiger partial charge in [-0.3, -0.25) is 14.9 Å². The summed E-state index contributed by atoms with van der Waals surface area (Å²) in [5.74, 6) is -1.20. The quantitative estimate of drug-likeness (QED) is 0.665. The Labute approximate surface area is 168 Å². The molecule has 2 aliphatic heterocycles. The third-order valence-corrected chi connectivity index (χ3v) is 6.68. The number of carbonyl (C=O) groups is 3. The summed E-state index contributed by atoms with van der Waals surface area (Å²) in [6.07, 6.45) is 3.33. The molecule has 8 heteroatoms. The molecule has 0 saturated carbocycles. The predicted molar refractivity (Wildman–Crippen MR) is 106 cm³/mol. The molecule has 1 aromatic rings. The number of hydrogen-bond acceptors (Lipinski definition) is 6. The van der Waals surface area contributed by atoms with Crippen LogP contribution in [0.4, 0.5) is 0 Å². The number of esters is 1. The van der Waals surface area contributed by atoms with E-state index in [1.807, 2.05) is 30.3 Å². The molecule has 28 heavy (non-hydrogen) atoms. The van der Waals surface area contributed by atoms with E-state index in [1.165, 1.54) is 23.8 Å². The molecule has 4 atom stereocenters. The van der Waals surface area contributed by atoms with Crippen LogP contribution < -0.4 is 5.32 Å². The first-order valence-corrected chi connectivity index (χ1v) is 10.6. The number of aryl methyl sites for hydroxylation is 1. The van der Waals surface area contributed by atoms with Crippen molar-refractivity contribution >= 4 is 29.6 Å². The van der Waals surface area contributed by atoms with Gasteiger partial charge in [0, 0.05) is 5.75 Å². The summed E-state index contributed by atoms with van der Waals surface area (Å²) in [5.41, 5.74) is 1.10. The molecule has 0 radical (unpaired) electrons. The Morgan fingerprint density at radius 1 is 1.32 bits per heavy atom. The minimum absolute atomic E-state index is 0.0960. The number of carbonyl (C=O) groups excluding carboxylic acids is 2. The first-order valence-electron chi connectivity index (χ1n) is 9.55. The molecule has 2 saturated heterocycles. The number of aliphatic carboxylic acids is 1. The summed E-state index contributed by atoms with van der Waals surface area (Å²) in [7, 11) is 1.34. The maximum atomic E-state index is 13.1. The van der Waals surface area contributed by atoms with Gasteiger partial charge in [0.25, 0.3) is 0 Å². The molecule has 3 rings (SSSR count). The van der Waals surface area contributed by atoms with Crippen molar-refractivity contribution in [2.45, 2.75) is 55.6 Å². The van der Waals surface area contributed by atoms with Crippen molar-refractivity contribution in [3.05, 3.63) is 35.9 Å². The Bertz CT molecular complexity index is 714. The van der Waals surface area contributed by atoms with Crippen molar-refractivity contribution in [2.24, 2.45) is 0 Å². The topological polar surface area (TPSA) is 95.9 Å². The second-order valence-electron chi connectivity index (χ2n) is 7.14. The number of hydrogen-bond donors (Lipinski definition) is 2. The maximum Gasteiger partial charge on any atom is 0.327 e. The van der Waals surface area contributed by atoms with Crippen LogP contribution in [0.5, 0.6) is 0 Å². The average Bonchev–Trinajstić information content (AvgIpc) is 3.07. The Morgan fingerprint density at radius 3 is 2.75 bits per heavy atom. The number of fused-ring (bicyclic) bond motifs is 1. The summed E-state index contributed by atoms with van der Waals surface area (Å²) < 4.78 is 4.93. The molecule has 2 fully saturated rings. The summed E-state index contributed by atoms with van der Waals surface area (Å²) >= 11 is 1.52. The highest BCUT2D eigenvalue weighted by molar-refractivity contribution is 8.00. The van der Waals surface area contributed by atoms with Crippen LogP contribution in [0.3, 0.4) is 0 Å². The normalized spacial score (nSPS) is 25.7. The second kappa shape index (κ2) is 9.43. The molecule has 2 N–H and O–H groups in total. The van der Waals surface area contributed by atoms with Gasteiger partial charge in [0.15, 0.2) is 0 Å². The molecular weight excluding hydrogens is 380 g/mol. The lowest BCUT2D eigenvalue weighted by atomic mass is 10.0. The summed E-state index contributed by atoms with van der Waals surface area (Å²) in [5, 5.41) is 12.5. The van der Waals surface area contributed by atoms with E-state index in [4.69, 9.17) is 4.74 Å².